The lowest BCUT2D eigenvalue weighted by atomic mass is 9.98. The van der Waals surface area contributed by atoms with Crippen molar-refractivity contribution in [2.45, 2.75) is 32.5 Å². The van der Waals surface area contributed by atoms with Crippen molar-refractivity contribution in [3.63, 3.8) is 0 Å². The first-order valence-electron chi connectivity index (χ1n) is 9.40. The Hall–Kier alpha value is -3.06. The van der Waals surface area contributed by atoms with E-state index in [0.717, 1.165) is 11.1 Å². The van der Waals surface area contributed by atoms with Gasteiger partial charge in [-0.1, -0.05) is 24.3 Å². The molecule has 29 heavy (non-hydrogen) atoms. The molecule has 2 aromatic carbocycles. The molecule has 2 aromatic rings. The van der Waals surface area contributed by atoms with Crippen LogP contribution in [0.25, 0.3) is 0 Å². The van der Waals surface area contributed by atoms with Crippen molar-refractivity contribution in [3.05, 3.63) is 58.7 Å². The summed E-state index contributed by atoms with van der Waals surface area (Å²) in [7, 11) is 3.08. The zero-order valence-electron chi connectivity index (χ0n) is 17.1. The Kier molecular flexibility index (Phi) is 6.39. The van der Waals surface area contributed by atoms with Gasteiger partial charge in [-0.3, -0.25) is 9.59 Å². The Morgan fingerprint density at radius 1 is 1.17 bits per heavy atom. The minimum absolute atomic E-state index is 0.161. The number of morpholine rings is 1. The zero-order valence-corrected chi connectivity index (χ0v) is 17.1. The molecule has 1 fully saturated rings. The molecule has 0 aliphatic carbocycles. The van der Waals surface area contributed by atoms with E-state index in [2.05, 4.69) is 10.6 Å². The first-order valence-corrected chi connectivity index (χ1v) is 9.40. The van der Waals surface area contributed by atoms with Crippen LogP contribution in [0.3, 0.4) is 0 Å². The van der Waals surface area contributed by atoms with Crippen molar-refractivity contribution in [3.8, 4) is 11.5 Å². The molecule has 154 valence electrons. The summed E-state index contributed by atoms with van der Waals surface area (Å²) in [5.74, 6) is 0.517. The van der Waals surface area contributed by atoms with Gasteiger partial charge in [-0.2, -0.15) is 0 Å². The van der Waals surface area contributed by atoms with Crippen molar-refractivity contribution >= 4 is 11.8 Å². The van der Waals surface area contributed by atoms with Gasteiger partial charge in [0.25, 0.3) is 5.91 Å². The fraction of sp³-hybridized carbons (Fsp3) is 0.364. The standard InChI is InChI=1S/C22H26N2O5/c1-13-6-5-7-16(14(13)2)11-23-22(26)21-20(24-19(25)12-29-21)15-8-9-17(27-3)18(10-15)28-4/h5-10,20-21H,11-12H2,1-4H3,(H,23,26)(H,24,25)/t20-,21+/m1/s1. The zero-order chi connectivity index (χ0) is 21.0. The van der Waals surface area contributed by atoms with Gasteiger partial charge in [0, 0.05) is 6.54 Å². The summed E-state index contributed by atoms with van der Waals surface area (Å²) in [5, 5.41) is 5.78. The Morgan fingerprint density at radius 3 is 2.66 bits per heavy atom. The molecular formula is C22H26N2O5. The number of carbonyl (C=O) groups is 2. The minimum atomic E-state index is -0.851. The van der Waals surface area contributed by atoms with E-state index >= 15 is 0 Å². The highest BCUT2D eigenvalue weighted by atomic mass is 16.5. The van der Waals surface area contributed by atoms with Crippen molar-refractivity contribution in [2.24, 2.45) is 0 Å². The first kappa shape index (κ1) is 20.7. The molecule has 0 bridgehead atoms. The number of benzene rings is 2. The van der Waals surface area contributed by atoms with E-state index in [9.17, 15) is 9.59 Å². The summed E-state index contributed by atoms with van der Waals surface area (Å²) in [6.45, 7) is 4.29. The Balaban J connectivity index is 1.79. The summed E-state index contributed by atoms with van der Waals surface area (Å²) in [6.07, 6.45) is -0.851. The van der Waals surface area contributed by atoms with Gasteiger partial charge in [0.15, 0.2) is 17.6 Å². The lowest BCUT2D eigenvalue weighted by molar-refractivity contribution is -0.148. The van der Waals surface area contributed by atoms with Crippen LogP contribution in [0.15, 0.2) is 36.4 Å². The predicted octanol–water partition coefficient (Wildman–Crippen LogP) is 2.19. The third kappa shape index (κ3) is 4.51. The molecule has 2 amide bonds. The van der Waals surface area contributed by atoms with Gasteiger partial charge in [0.2, 0.25) is 5.91 Å². The molecule has 1 aliphatic heterocycles. The molecule has 0 saturated carbocycles. The largest absolute Gasteiger partial charge is 0.493 e. The minimum Gasteiger partial charge on any atom is -0.493 e. The maximum Gasteiger partial charge on any atom is 0.251 e. The number of methoxy groups -OCH3 is 2. The number of rotatable bonds is 6. The second kappa shape index (κ2) is 8.96. The van der Waals surface area contributed by atoms with E-state index in [1.165, 1.54) is 12.7 Å². The molecule has 0 unspecified atom stereocenters. The van der Waals surface area contributed by atoms with Crippen LogP contribution in [0.5, 0.6) is 11.5 Å². The SMILES string of the molecule is COc1ccc([C@H]2NC(=O)CO[C@@H]2C(=O)NCc2cccc(C)c2C)cc1OC. The summed E-state index contributed by atoms with van der Waals surface area (Å²) in [4.78, 5) is 24.8. The highest BCUT2D eigenvalue weighted by Crippen LogP contribution is 2.32. The normalized spacial score (nSPS) is 18.7. The van der Waals surface area contributed by atoms with E-state index < -0.39 is 12.1 Å². The summed E-state index contributed by atoms with van der Waals surface area (Å²) in [6, 6.07) is 10.6. The predicted molar refractivity (Wildman–Crippen MR) is 108 cm³/mol. The number of nitrogens with one attached hydrogen (secondary N) is 2. The Bertz CT molecular complexity index is 912. The molecule has 2 atom stereocenters. The number of ether oxygens (including phenoxy) is 3. The molecule has 0 spiro atoms. The van der Waals surface area contributed by atoms with Crippen LogP contribution >= 0.6 is 0 Å². The monoisotopic (exact) mass is 398 g/mol. The second-order valence-corrected chi connectivity index (χ2v) is 6.97. The van der Waals surface area contributed by atoms with E-state index in [-0.39, 0.29) is 18.4 Å². The quantitative estimate of drug-likeness (QED) is 0.779. The van der Waals surface area contributed by atoms with Gasteiger partial charge < -0.3 is 24.8 Å². The summed E-state index contributed by atoms with van der Waals surface area (Å²) < 4.78 is 16.2. The van der Waals surface area contributed by atoms with E-state index in [1.807, 2.05) is 32.0 Å². The molecule has 0 radical (unpaired) electrons. The number of carbonyl (C=O) groups excluding carboxylic acids is 2. The molecule has 1 aliphatic rings. The van der Waals surface area contributed by atoms with Gasteiger partial charge in [0.05, 0.1) is 20.3 Å². The molecule has 0 aromatic heterocycles. The van der Waals surface area contributed by atoms with Gasteiger partial charge in [-0.05, 0) is 48.2 Å². The van der Waals surface area contributed by atoms with Crippen LogP contribution in [0.2, 0.25) is 0 Å². The maximum absolute atomic E-state index is 12.9. The lowest BCUT2D eigenvalue weighted by Crippen LogP contribution is -2.52. The fourth-order valence-corrected chi connectivity index (χ4v) is 3.37. The van der Waals surface area contributed by atoms with E-state index in [1.54, 1.807) is 25.3 Å². The van der Waals surface area contributed by atoms with E-state index in [0.29, 0.717) is 23.6 Å². The van der Waals surface area contributed by atoms with Crippen LogP contribution in [0.4, 0.5) is 0 Å². The van der Waals surface area contributed by atoms with E-state index in [4.69, 9.17) is 14.2 Å². The van der Waals surface area contributed by atoms with Gasteiger partial charge >= 0.3 is 0 Å². The van der Waals surface area contributed by atoms with Gasteiger partial charge in [-0.15, -0.1) is 0 Å². The number of amides is 2. The van der Waals surface area contributed by atoms with Crippen LogP contribution < -0.4 is 20.1 Å². The second-order valence-electron chi connectivity index (χ2n) is 6.97. The molecule has 7 heteroatoms. The van der Waals surface area contributed by atoms with Crippen molar-refractivity contribution in [1.82, 2.24) is 10.6 Å². The molecule has 3 rings (SSSR count). The number of hydrogen-bond donors (Lipinski definition) is 2. The topological polar surface area (TPSA) is 85.9 Å². The maximum atomic E-state index is 12.9. The first-order chi connectivity index (χ1) is 13.9. The Morgan fingerprint density at radius 2 is 1.93 bits per heavy atom. The molecule has 1 saturated heterocycles. The molecule has 1 heterocycles. The Labute approximate surface area is 170 Å². The third-order valence-electron chi connectivity index (χ3n) is 5.21. The highest BCUT2D eigenvalue weighted by molar-refractivity contribution is 5.86. The number of hydrogen-bond acceptors (Lipinski definition) is 5. The van der Waals surface area contributed by atoms with Crippen LogP contribution in [0.1, 0.15) is 28.3 Å². The average Bonchev–Trinajstić information content (AvgIpc) is 2.74. The lowest BCUT2D eigenvalue weighted by Gasteiger charge is -2.32. The van der Waals surface area contributed by atoms with Crippen molar-refractivity contribution in [1.29, 1.82) is 0 Å². The van der Waals surface area contributed by atoms with Crippen molar-refractivity contribution < 1.29 is 23.8 Å². The van der Waals surface area contributed by atoms with Crippen LogP contribution in [-0.2, 0) is 20.9 Å². The molecular weight excluding hydrogens is 372 g/mol. The fourth-order valence-electron chi connectivity index (χ4n) is 3.37. The van der Waals surface area contributed by atoms with Gasteiger partial charge in [-0.25, -0.2) is 0 Å². The third-order valence-corrected chi connectivity index (χ3v) is 5.21. The summed E-state index contributed by atoms with van der Waals surface area (Å²) in [5.41, 5.74) is 4.05. The highest BCUT2D eigenvalue weighted by Gasteiger charge is 2.36. The average molecular weight is 398 g/mol. The number of aryl methyl sites for hydroxylation is 1. The molecule has 7 nitrogen and oxygen atoms in total. The van der Waals surface area contributed by atoms with Crippen LogP contribution in [0, 0.1) is 13.8 Å². The van der Waals surface area contributed by atoms with Crippen molar-refractivity contribution in [2.75, 3.05) is 20.8 Å². The van der Waals surface area contributed by atoms with Gasteiger partial charge in [0.1, 0.15) is 6.61 Å². The summed E-state index contributed by atoms with van der Waals surface area (Å²) >= 11 is 0. The van der Waals surface area contributed by atoms with Crippen LogP contribution in [-0.4, -0.2) is 38.7 Å². The smallest absolute Gasteiger partial charge is 0.251 e. The molecule has 2 N–H and O–H groups in total.